The topological polar surface area (TPSA) is 12.0 Å². The summed E-state index contributed by atoms with van der Waals surface area (Å²) >= 11 is 0. The van der Waals surface area contributed by atoms with Crippen LogP contribution >= 0.6 is 0 Å². The van der Waals surface area contributed by atoms with Crippen molar-refractivity contribution in [1.82, 2.24) is 5.32 Å². The second-order valence-corrected chi connectivity index (χ2v) is 6.83. The van der Waals surface area contributed by atoms with Gasteiger partial charge in [0.2, 0.25) is 0 Å². The van der Waals surface area contributed by atoms with E-state index in [-0.39, 0.29) is 11.2 Å². The lowest BCUT2D eigenvalue weighted by molar-refractivity contribution is 0.270. The molecular formula is C18H30FN. The van der Waals surface area contributed by atoms with E-state index in [1.54, 1.807) is 12.1 Å². The molecule has 0 bridgehead atoms. The van der Waals surface area contributed by atoms with Gasteiger partial charge in [0.05, 0.1) is 0 Å². The second-order valence-electron chi connectivity index (χ2n) is 6.83. The molecule has 0 radical (unpaired) electrons. The van der Waals surface area contributed by atoms with Crippen molar-refractivity contribution in [2.24, 2.45) is 11.3 Å². The van der Waals surface area contributed by atoms with E-state index in [9.17, 15) is 4.39 Å². The molecule has 1 unspecified atom stereocenters. The highest BCUT2D eigenvalue weighted by atomic mass is 19.1. The van der Waals surface area contributed by atoms with Gasteiger partial charge in [-0.15, -0.1) is 0 Å². The van der Waals surface area contributed by atoms with Crippen molar-refractivity contribution in [3.8, 4) is 0 Å². The molecule has 0 spiro atoms. The summed E-state index contributed by atoms with van der Waals surface area (Å²) in [5.41, 5.74) is 2.53. The van der Waals surface area contributed by atoms with Crippen molar-refractivity contribution in [2.75, 3.05) is 13.1 Å². The zero-order valence-corrected chi connectivity index (χ0v) is 13.7. The molecule has 1 aromatic rings. The quantitative estimate of drug-likeness (QED) is 0.725. The Morgan fingerprint density at radius 1 is 1.30 bits per heavy atom. The van der Waals surface area contributed by atoms with Crippen LogP contribution in [0.1, 0.15) is 51.7 Å². The Hall–Kier alpha value is -0.890. The van der Waals surface area contributed by atoms with Gasteiger partial charge in [0.1, 0.15) is 5.82 Å². The van der Waals surface area contributed by atoms with Crippen molar-refractivity contribution >= 4 is 0 Å². The summed E-state index contributed by atoms with van der Waals surface area (Å²) in [5.74, 6) is 0.538. The number of nitrogens with one attached hydrogen (secondary N) is 1. The summed E-state index contributed by atoms with van der Waals surface area (Å²) in [5, 5.41) is 3.57. The molecule has 0 amide bonds. The maximum absolute atomic E-state index is 13.5. The third-order valence-electron chi connectivity index (χ3n) is 3.89. The minimum absolute atomic E-state index is 0.125. The first kappa shape index (κ1) is 17.2. The lowest BCUT2D eigenvalue weighted by Crippen LogP contribution is -2.35. The summed E-state index contributed by atoms with van der Waals surface area (Å²) in [4.78, 5) is 0. The molecule has 114 valence electrons. The van der Waals surface area contributed by atoms with E-state index in [2.05, 4.69) is 39.9 Å². The molecule has 1 aromatic carbocycles. The maximum atomic E-state index is 13.5. The molecule has 0 aliphatic carbocycles. The molecule has 1 nitrogen and oxygen atoms in total. The highest BCUT2D eigenvalue weighted by Gasteiger charge is 2.24. The van der Waals surface area contributed by atoms with Gasteiger partial charge in [0.25, 0.3) is 0 Å². The highest BCUT2D eigenvalue weighted by molar-refractivity contribution is 5.27. The van der Waals surface area contributed by atoms with E-state index in [0.717, 1.165) is 37.9 Å². The first-order valence-corrected chi connectivity index (χ1v) is 7.82. The van der Waals surface area contributed by atoms with Gasteiger partial charge in [-0.3, -0.25) is 0 Å². The number of hydrogen-bond acceptors (Lipinski definition) is 1. The van der Waals surface area contributed by atoms with Crippen LogP contribution in [0.3, 0.4) is 0 Å². The molecule has 0 aromatic heterocycles. The Kier molecular flexibility index (Phi) is 6.67. The van der Waals surface area contributed by atoms with E-state index in [1.807, 2.05) is 6.07 Å². The largest absolute Gasteiger partial charge is 0.316 e. The number of rotatable bonds is 8. The van der Waals surface area contributed by atoms with E-state index in [1.165, 1.54) is 5.56 Å². The Labute approximate surface area is 124 Å². The van der Waals surface area contributed by atoms with Crippen LogP contribution in [0, 0.1) is 24.1 Å². The van der Waals surface area contributed by atoms with Gasteiger partial charge in [-0.1, -0.05) is 40.2 Å². The van der Waals surface area contributed by atoms with E-state index < -0.39 is 0 Å². The first-order chi connectivity index (χ1) is 9.36. The van der Waals surface area contributed by atoms with Gasteiger partial charge in [0, 0.05) is 6.54 Å². The Bertz CT molecular complexity index is 414. The molecule has 20 heavy (non-hydrogen) atoms. The smallest absolute Gasteiger partial charge is 0.123 e. The van der Waals surface area contributed by atoms with Crippen LogP contribution in [0.4, 0.5) is 4.39 Å². The molecular weight excluding hydrogens is 249 g/mol. The van der Waals surface area contributed by atoms with Crippen LogP contribution in [0.2, 0.25) is 0 Å². The third-order valence-corrected chi connectivity index (χ3v) is 3.89. The zero-order chi connectivity index (χ0) is 15.2. The Balaban J connectivity index is 2.76. The highest BCUT2D eigenvalue weighted by Crippen LogP contribution is 2.29. The van der Waals surface area contributed by atoms with E-state index in [0.29, 0.717) is 5.92 Å². The molecule has 1 rings (SSSR count). The van der Waals surface area contributed by atoms with E-state index >= 15 is 0 Å². The van der Waals surface area contributed by atoms with Crippen molar-refractivity contribution in [3.63, 3.8) is 0 Å². The summed E-state index contributed by atoms with van der Waals surface area (Å²) in [6, 6.07) is 5.14. The van der Waals surface area contributed by atoms with Crippen LogP contribution in [0.25, 0.3) is 0 Å². The van der Waals surface area contributed by atoms with Crippen LogP contribution in [-0.2, 0) is 6.42 Å². The van der Waals surface area contributed by atoms with Crippen molar-refractivity contribution in [1.29, 1.82) is 0 Å². The second kappa shape index (κ2) is 7.78. The minimum atomic E-state index is -0.125. The lowest BCUT2D eigenvalue weighted by Gasteiger charge is -2.31. The van der Waals surface area contributed by atoms with Gasteiger partial charge >= 0.3 is 0 Å². The van der Waals surface area contributed by atoms with Crippen LogP contribution in [-0.4, -0.2) is 13.1 Å². The maximum Gasteiger partial charge on any atom is 0.123 e. The summed E-state index contributed by atoms with van der Waals surface area (Å²) < 4.78 is 13.5. The van der Waals surface area contributed by atoms with Crippen molar-refractivity contribution in [3.05, 3.63) is 35.1 Å². The SMILES string of the molecule is CCCC(C)(CNCC(C)C)Cc1cc(F)ccc1C. The van der Waals surface area contributed by atoms with Gasteiger partial charge in [-0.25, -0.2) is 4.39 Å². The normalized spacial score (nSPS) is 14.6. The fraction of sp³-hybridized carbons (Fsp3) is 0.667. The minimum Gasteiger partial charge on any atom is -0.316 e. The lowest BCUT2D eigenvalue weighted by atomic mass is 9.78. The Morgan fingerprint density at radius 3 is 2.60 bits per heavy atom. The monoisotopic (exact) mass is 279 g/mol. The summed E-state index contributed by atoms with van der Waals surface area (Å²) in [7, 11) is 0. The number of hydrogen-bond donors (Lipinski definition) is 1. The molecule has 0 fully saturated rings. The number of halogens is 1. The van der Waals surface area contributed by atoms with Crippen LogP contribution in [0.15, 0.2) is 18.2 Å². The molecule has 2 heteroatoms. The van der Waals surface area contributed by atoms with Crippen molar-refractivity contribution in [2.45, 2.75) is 53.9 Å². The van der Waals surface area contributed by atoms with Crippen LogP contribution < -0.4 is 5.32 Å². The van der Waals surface area contributed by atoms with Gasteiger partial charge in [-0.05, 0) is 60.9 Å². The molecule has 1 N–H and O–H groups in total. The molecule has 0 aliphatic heterocycles. The van der Waals surface area contributed by atoms with Gasteiger partial charge < -0.3 is 5.32 Å². The molecule has 0 aliphatic rings. The average Bonchev–Trinajstić information content (AvgIpc) is 2.33. The predicted molar refractivity (Wildman–Crippen MR) is 85.6 cm³/mol. The predicted octanol–water partition coefficient (Wildman–Crippen LogP) is 4.73. The van der Waals surface area contributed by atoms with Gasteiger partial charge in [0.15, 0.2) is 0 Å². The summed E-state index contributed by atoms with van der Waals surface area (Å²) in [6.45, 7) is 13.1. The molecule has 0 heterocycles. The fourth-order valence-electron chi connectivity index (χ4n) is 2.80. The van der Waals surface area contributed by atoms with E-state index in [4.69, 9.17) is 0 Å². The summed E-state index contributed by atoms with van der Waals surface area (Å²) in [6.07, 6.45) is 3.26. The number of aryl methyl sites for hydroxylation is 1. The Morgan fingerprint density at radius 2 is 2.00 bits per heavy atom. The average molecular weight is 279 g/mol. The molecule has 1 atom stereocenters. The zero-order valence-electron chi connectivity index (χ0n) is 13.7. The standard InChI is InChI=1S/C18H30FN/c1-6-9-18(5,13-20-12-14(2)3)11-16-10-17(19)8-7-15(16)4/h7-8,10,14,20H,6,9,11-13H2,1-5H3. The molecule has 0 saturated carbocycles. The number of benzene rings is 1. The van der Waals surface area contributed by atoms with Gasteiger partial charge in [-0.2, -0.15) is 0 Å². The third kappa shape index (κ3) is 5.62. The van der Waals surface area contributed by atoms with Crippen molar-refractivity contribution < 1.29 is 4.39 Å². The fourth-order valence-corrected chi connectivity index (χ4v) is 2.80. The first-order valence-electron chi connectivity index (χ1n) is 7.82. The molecule has 0 saturated heterocycles. The van der Waals surface area contributed by atoms with Crippen LogP contribution in [0.5, 0.6) is 0 Å².